The Bertz CT molecular complexity index is 223. The van der Waals surface area contributed by atoms with Crippen LogP contribution in [0.5, 0.6) is 0 Å². The topological polar surface area (TPSA) is 26.0 Å². The van der Waals surface area contributed by atoms with Crippen molar-refractivity contribution in [3.05, 3.63) is 0 Å². The molecule has 0 amide bonds. The van der Waals surface area contributed by atoms with Crippen molar-refractivity contribution in [3.8, 4) is 0 Å². The molecule has 2 N–H and O–H groups in total. The Morgan fingerprint density at radius 1 is 0.500 bits per heavy atom. The predicted octanol–water partition coefficient (Wildman–Crippen LogP) is 8.34. The van der Waals surface area contributed by atoms with E-state index in [2.05, 4.69) is 20.8 Å². The fourth-order valence-electron chi connectivity index (χ4n) is 3.31. The lowest BCUT2D eigenvalue weighted by Crippen LogP contribution is -2.31. The van der Waals surface area contributed by atoms with Crippen molar-refractivity contribution in [1.29, 1.82) is 0 Å². The highest BCUT2D eigenvalue weighted by molar-refractivity contribution is 8.93. The van der Waals surface area contributed by atoms with Gasteiger partial charge in [0, 0.05) is 5.54 Å². The molecule has 0 rings (SSSR count). The third-order valence-electron chi connectivity index (χ3n) is 4.92. The molecule has 0 atom stereocenters. The van der Waals surface area contributed by atoms with Crippen LogP contribution < -0.4 is 5.73 Å². The van der Waals surface area contributed by atoms with E-state index in [1.165, 1.54) is 116 Å². The zero-order chi connectivity index (χ0) is 17.2. The average Bonchev–Trinajstić information content (AvgIpc) is 2.49. The monoisotopic (exact) mass is 405 g/mol. The van der Waals surface area contributed by atoms with Crippen molar-refractivity contribution < 1.29 is 0 Å². The SMILES string of the molecule is Br.CCCCCCCCCCCCCCCCCCCC(C)(C)N. The molecule has 0 spiro atoms. The van der Waals surface area contributed by atoms with Crippen LogP contribution in [0.3, 0.4) is 0 Å². The van der Waals surface area contributed by atoms with Crippen LogP contribution in [0.1, 0.15) is 136 Å². The minimum atomic E-state index is 0. The van der Waals surface area contributed by atoms with Crippen LogP contribution in [0, 0.1) is 0 Å². The Morgan fingerprint density at radius 3 is 1.00 bits per heavy atom. The van der Waals surface area contributed by atoms with Gasteiger partial charge in [-0.3, -0.25) is 0 Å². The minimum absolute atomic E-state index is 0. The Kier molecular flexibility index (Phi) is 22.0. The molecule has 0 aliphatic rings. The first-order chi connectivity index (χ1) is 11.1. The first kappa shape index (κ1) is 26.7. The van der Waals surface area contributed by atoms with E-state index in [0.29, 0.717) is 0 Å². The molecule has 1 nitrogen and oxygen atoms in total. The van der Waals surface area contributed by atoms with Gasteiger partial charge in [-0.05, 0) is 20.3 Å². The maximum absolute atomic E-state index is 6.00. The van der Waals surface area contributed by atoms with E-state index >= 15 is 0 Å². The summed E-state index contributed by atoms with van der Waals surface area (Å²) in [5.41, 5.74) is 6.04. The van der Waals surface area contributed by atoms with Gasteiger partial charge in [-0.1, -0.05) is 116 Å². The molecule has 0 aromatic heterocycles. The van der Waals surface area contributed by atoms with Gasteiger partial charge in [-0.15, -0.1) is 17.0 Å². The molecular weight excluding hydrogens is 358 g/mol. The molecule has 24 heavy (non-hydrogen) atoms. The first-order valence-electron chi connectivity index (χ1n) is 10.8. The Labute approximate surface area is 164 Å². The molecular formula is C22H48BrN. The summed E-state index contributed by atoms with van der Waals surface area (Å²) in [5, 5.41) is 0. The van der Waals surface area contributed by atoms with Crippen LogP contribution in [0.15, 0.2) is 0 Å². The maximum atomic E-state index is 6.00. The van der Waals surface area contributed by atoms with E-state index in [0.717, 1.165) is 0 Å². The smallest absolute Gasteiger partial charge is 0.00970 e. The van der Waals surface area contributed by atoms with Crippen LogP contribution in [-0.4, -0.2) is 5.54 Å². The van der Waals surface area contributed by atoms with Crippen molar-refractivity contribution >= 4 is 17.0 Å². The molecule has 2 heteroatoms. The average molecular weight is 407 g/mol. The van der Waals surface area contributed by atoms with Gasteiger partial charge in [-0.25, -0.2) is 0 Å². The highest BCUT2D eigenvalue weighted by atomic mass is 79.9. The third-order valence-corrected chi connectivity index (χ3v) is 4.92. The summed E-state index contributed by atoms with van der Waals surface area (Å²) in [5.74, 6) is 0. The molecule has 0 aliphatic carbocycles. The van der Waals surface area contributed by atoms with Crippen LogP contribution in [0.4, 0.5) is 0 Å². The molecule has 0 bridgehead atoms. The van der Waals surface area contributed by atoms with Gasteiger partial charge < -0.3 is 5.73 Å². The summed E-state index contributed by atoms with van der Waals surface area (Å²) in [6, 6.07) is 0. The molecule has 0 aromatic carbocycles. The minimum Gasteiger partial charge on any atom is -0.326 e. The van der Waals surface area contributed by atoms with Crippen molar-refractivity contribution in [3.63, 3.8) is 0 Å². The van der Waals surface area contributed by atoms with E-state index in [1.807, 2.05) is 0 Å². The summed E-state index contributed by atoms with van der Waals surface area (Å²) >= 11 is 0. The summed E-state index contributed by atoms with van der Waals surface area (Å²) in [6.45, 7) is 6.57. The number of nitrogens with two attached hydrogens (primary N) is 1. The lowest BCUT2D eigenvalue weighted by molar-refractivity contribution is 0.440. The first-order valence-corrected chi connectivity index (χ1v) is 10.8. The second-order valence-electron chi connectivity index (χ2n) is 8.40. The van der Waals surface area contributed by atoms with E-state index in [4.69, 9.17) is 5.73 Å². The third kappa shape index (κ3) is 24.7. The van der Waals surface area contributed by atoms with Gasteiger partial charge in [0.25, 0.3) is 0 Å². The van der Waals surface area contributed by atoms with Gasteiger partial charge in [0.05, 0.1) is 0 Å². The lowest BCUT2D eigenvalue weighted by atomic mass is 9.97. The Morgan fingerprint density at radius 2 is 0.750 bits per heavy atom. The van der Waals surface area contributed by atoms with Crippen LogP contribution in [0.2, 0.25) is 0 Å². The van der Waals surface area contributed by atoms with Gasteiger partial charge >= 0.3 is 0 Å². The normalized spacial score (nSPS) is 11.5. The van der Waals surface area contributed by atoms with Crippen molar-refractivity contribution in [2.24, 2.45) is 5.73 Å². The van der Waals surface area contributed by atoms with E-state index in [1.54, 1.807) is 0 Å². The summed E-state index contributed by atoms with van der Waals surface area (Å²) < 4.78 is 0. The summed E-state index contributed by atoms with van der Waals surface area (Å²) in [7, 11) is 0. The number of hydrogen-bond donors (Lipinski definition) is 1. The van der Waals surface area contributed by atoms with Gasteiger partial charge in [0.1, 0.15) is 0 Å². The van der Waals surface area contributed by atoms with Crippen LogP contribution in [-0.2, 0) is 0 Å². The lowest BCUT2D eigenvalue weighted by Gasteiger charge is -2.17. The molecule has 0 unspecified atom stereocenters. The molecule has 0 aromatic rings. The van der Waals surface area contributed by atoms with Gasteiger partial charge in [0.2, 0.25) is 0 Å². The molecule has 0 aliphatic heterocycles. The zero-order valence-corrected chi connectivity index (χ0v) is 18.9. The largest absolute Gasteiger partial charge is 0.326 e. The second-order valence-corrected chi connectivity index (χ2v) is 8.40. The highest BCUT2D eigenvalue weighted by Crippen LogP contribution is 2.15. The van der Waals surface area contributed by atoms with Crippen LogP contribution in [0.25, 0.3) is 0 Å². The molecule has 0 radical (unpaired) electrons. The molecule has 0 saturated carbocycles. The number of rotatable bonds is 18. The van der Waals surface area contributed by atoms with Gasteiger partial charge in [0.15, 0.2) is 0 Å². The summed E-state index contributed by atoms with van der Waals surface area (Å²) in [4.78, 5) is 0. The van der Waals surface area contributed by atoms with Gasteiger partial charge in [-0.2, -0.15) is 0 Å². The zero-order valence-electron chi connectivity index (χ0n) is 17.2. The highest BCUT2D eigenvalue weighted by Gasteiger charge is 2.08. The summed E-state index contributed by atoms with van der Waals surface area (Å²) in [6.07, 6.45) is 25.6. The Hall–Kier alpha value is 0.440. The fourth-order valence-corrected chi connectivity index (χ4v) is 3.31. The maximum Gasteiger partial charge on any atom is 0.00970 e. The van der Waals surface area contributed by atoms with Crippen molar-refractivity contribution in [1.82, 2.24) is 0 Å². The number of unbranched alkanes of at least 4 members (excludes halogenated alkanes) is 16. The molecule has 0 saturated heterocycles. The molecule has 0 heterocycles. The predicted molar refractivity (Wildman–Crippen MR) is 117 cm³/mol. The van der Waals surface area contributed by atoms with Crippen molar-refractivity contribution in [2.75, 3.05) is 0 Å². The van der Waals surface area contributed by atoms with Crippen molar-refractivity contribution in [2.45, 2.75) is 142 Å². The van der Waals surface area contributed by atoms with Crippen LogP contribution >= 0.6 is 17.0 Å². The standard InChI is InChI=1S/C22H47N.BrH/c1-4-5-6-7-8-9-10-11-12-13-14-15-16-17-18-19-20-21-22(2,3)23;/h4-21,23H2,1-3H3;1H. The van der Waals surface area contributed by atoms with E-state index in [-0.39, 0.29) is 22.5 Å². The van der Waals surface area contributed by atoms with E-state index < -0.39 is 0 Å². The molecule has 0 fully saturated rings. The Balaban J connectivity index is 0. The quantitative estimate of drug-likeness (QED) is 0.227. The van der Waals surface area contributed by atoms with E-state index in [9.17, 15) is 0 Å². The second kappa shape index (κ2) is 19.8. The molecule has 148 valence electrons. The number of halogens is 1. The number of hydrogen-bond acceptors (Lipinski definition) is 1. The fraction of sp³-hybridized carbons (Fsp3) is 1.00.